The molecule has 0 atom stereocenters. The van der Waals surface area contributed by atoms with Gasteiger partial charge in [-0.25, -0.2) is 4.39 Å². The molecule has 1 rings (SSSR count). The first-order valence-corrected chi connectivity index (χ1v) is 4.95. The van der Waals surface area contributed by atoms with Crippen LogP contribution in [0.3, 0.4) is 0 Å². The van der Waals surface area contributed by atoms with Crippen molar-refractivity contribution in [1.82, 2.24) is 0 Å². The summed E-state index contributed by atoms with van der Waals surface area (Å²) < 4.78 is 13.2. The number of nitrogen functional groups attached to an aromatic ring is 1. The molecule has 2 N–H and O–H groups in total. The first-order valence-electron chi connectivity index (χ1n) is 2.93. The summed E-state index contributed by atoms with van der Waals surface area (Å²) in [5.41, 5.74) is 6.00. The van der Waals surface area contributed by atoms with Gasteiger partial charge in [0.05, 0.1) is 4.47 Å². The van der Waals surface area contributed by atoms with E-state index in [9.17, 15) is 4.39 Å². The first-order chi connectivity index (χ1) is 5.15. The van der Waals surface area contributed by atoms with E-state index >= 15 is 0 Å². The predicted molar refractivity (Wildman–Crippen MR) is 50.3 cm³/mol. The Kier molecular flexibility index (Phi) is 2.78. The molecule has 0 bridgehead atoms. The highest BCUT2D eigenvalue weighted by molar-refractivity contribution is 9.10. The van der Waals surface area contributed by atoms with E-state index in [0.717, 1.165) is 4.90 Å². The summed E-state index contributed by atoms with van der Waals surface area (Å²) in [4.78, 5) is 0.887. The van der Waals surface area contributed by atoms with E-state index in [1.165, 1.54) is 17.8 Å². The Balaban J connectivity index is 3.21. The Hall–Kier alpha value is -0.220. The standard InChI is InChI=1S/C7H7BrFNS/c1-11-7-2-4(8)5(9)3-6(7)10/h2-3H,10H2,1H3. The minimum absolute atomic E-state index is 0.319. The van der Waals surface area contributed by atoms with Crippen LogP contribution in [-0.4, -0.2) is 6.26 Å². The van der Waals surface area contributed by atoms with Crippen molar-refractivity contribution in [3.63, 3.8) is 0 Å². The van der Waals surface area contributed by atoms with E-state index in [1.54, 1.807) is 6.07 Å². The van der Waals surface area contributed by atoms with Crippen molar-refractivity contribution in [3.8, 4) is 0 Å². The number of nitrogens with two attached hydrogens (primary N) is 1. The van der Waals surface area contributed by atoms with E-state index in [2.05, 4.69) is 15.9 Å². The molecule has 0 fully saturated rings. The molecular weight excluding hydrogens is 229 g/mol. The molecule has 0 saturated carbocycles. The van der Waals surface area contributed by atoms with Gasteiger partial charge in [-0.15, -0.1) is 11.8 Å². The second-order valence-electron chi connectivity index (χ2n) is 2.01. The number of thioether (sulfide) groups is 1. The van der Waals surface area contributed by atoms with Crippen LogP contribution in [-0.2, 0) is 0 Å². The Labute approximate surface area is 77.3 Å². The maximum absolute atomic E-state index is 12.8. The predicted octanol–water partition coefficient (Wildman–Crippen LogP) is 2.89. The van der Waals surface area contributed by atoms with Gasteiger partial charge in [0.2, 0.25) is 0 Å². The van der Waals surface area contributed by atoms with Crippen molar-refractivity contribution in [2.75, 3.05) is 12.0 Å². The number of anilines is 1. The maximum atomic E-state index is 12.8. The van der Waals surface area contributed by atoms with Gasteiger partial charge in [-0.05, 0) is 34.3 Å². The molecule has 1 nitrogen and oxygen atoms in total. The summed E-state index contributed by atoms with van der Waals surface area (Å²) in [6, 6.07) is 2.99. The highest BCUT2D eigenvalue weighted by atomic mass is 79.9. The zero-order valence-electron chi connectivity index (χ0n) is 5.90. The Morgan fingerprint density at radius 2 is 2.18 bits per heavy atom. The molecule has 4 heteroatoms. The lowest BCUT2D eigenvalue weighted by Crippen LogP contribution is -1.90. The van der Waals surface area contributed by atoms with Crippen LogP contribution in [0.5, 0.6) is 0 Å². The fraction of sp³-hybridized carbons (Fsp3) is 0.143. The maximum Gasteiger partial charge on any atom is 0.139 e. The molecule has 0 aliphatic carbocycles. The largest absolute Gasteiger partial charge is 0.398 e. The van der Waals surface area contributed by atoms with Crippen molar-refractivity contribution in [1.29, 1.82) is 0 Å². The molecule has 1 aromatic carbocycles. The van der Waals surface area contributed by atoms with Crippen LogP contribution in [0.4, 0.5) is 10.1 Å². The SMILES string of the molecule is CSc1cc(Br)c(F)cc1N. The Bertz CT molecular complexity index is 277. The summed E-state index contributed by atoms with van der Waals surface area (Å²) in [5, 5.41) is 0. The number of rotatable bonds is 1. The van der Waals surface area contributed by atoms with Crippen molar-refractivity contribution < 1.29 is 4.39 Å². The summed E-state index contributed by atoms with van der Waals surface area (Å²) in [5.74, 6) is -0.319. The van der Waals surface area contributed by atoms with Crippen molar-refractivity contribution in [2.24, 2.45) is 0 Å². The molecule has 60 valence electrons. The van der Waals surface area contributed by atoms with Gasteiger partial charge in [0.1, 0.15) is 5.82 Å². The van der Waals surface area contributed by atoms with Crippen LogP contribution in [0.15, 0.2) is 21.5 Å². The monoisotopic (exact) mass is 235 g/mol. The minimum Gasteiger partial charge on any atom is -0.398 e. The molecule has 0 aromatic heterocycles. The second-order valence-corrected chi connectivity index (χ2v) is 3.71. The molecule has 0 aliphatic rings. The fourth-order valence-electron chi connectivity index (χ4n) is 0.721. The lowest BCUT2D eigenvalue weighted by atomic mass is 10.3. The minimum atomic E-state index is -0.319. The molecule has 11 heavy (non-hydrogen) atoms. The van der Waals surface area contributed by atoms with Crippen LogP contribution in [0.25, 0.3) is 0 Å². The second kappa shape index (κ2) is 3.45. The smallest absolute Gasteiger partial charge is 0.139 e. The van der Waals surface area contributed by atoms with Crippen LogP contribution >= 0.6 is 27.7 Å². The van der Waals surface area contributed by atoms with Crippen LogP contribution in [0.2, 0.25) is 0 Å². The third-order valence-corrected chi connectivity index (χ3v) is 2.67. The molecular formula is C7H7BrFNS. The summed E-state index contributed by atoms with van der Waals surface area (Å²) in [7, 11) is 0. The molecule has 0 amide bonds. The highest BCUT2D eigenvalue weighted by Crippen LogP contribution is 2.28. The zero-order chi connectivity index (χ0) is 8.43. The van der Waals surface area contributed by atoms with Crippen LogP contribution in [0.1, 0.15) is 0 Å². The Morgan fingerprint density at radius 1 is 1.55 bits per heavy atom. The third-order valence-electron chi connectivity index (χ3n) is 1.27. The van der Waals surface area contributed by atoms with Gasteiger partial charge in [-0.3, -0.25) is 0 Å². The fourth-order valence-corrected chi connectivity index (χ4v) is 1.75. The molecule has 0 spiro atoms. The normalized spacial score (nSPS) is 10.1. The van der Waals surface area contributed by atoms with Crippen molar-refractivity contribution >= 4 is 33.4 Å². The molecule has 0 saturated heterocycles. The van der Waals surface area contributed by atoms with Gasteiger partial charge >= 0.3 is 0 Å². The topological polar surface area (TPSA) is 26.0 Å². The van der Waals surface area contributed by atoms with Gasteiger partial charge in [0.25, 0.3) is 0 Å². The van der Waals surface area contributed by atoms with Crippen molar-refractivity contribution in [2.45, 2.75) is 4.90 Å². The zero-order valence-corrected chi connectivity index (χ0v) is 8.30. The number of hydrogen-bond acceptors (Lipinski definition) is 2. The van der Waals surface area contributed by atoms with Gasteiger partial charge in [0, 0.05) is 10.6 Å². The van der Waals surface area contributed by atoms with E-state index in [1.807, 2.05) is 6.26 Å². The molecule has 0 heterocycles. The highest BCUT2D eigenvalue weighted by Gasteiger charge is 2.03. The molecule has 0 radical (unpaired) electrons. The lowest BCUT2D eigenvalue weighted by molar-refractivity contribution is 0.620. The van der Waals surface area contributed by atoms with Gasteiger partial charge in [-0.2, -0.15) is 0 Å². The summed E-state index contributed by atoms with van der Waals surface area (Å²) in [6.45, 7) is 0. The average molecular weight is 236 g/mol. The van der Waals surface area contributed by atoms with Crippen LogP contribution in [0, 0.1) is 5.82 Å². The number of benzene rings is 1. The van der Waals surface area contributed by atoms with E-state index < -0.39 is 0 Å². The first kappa shape index (κ1) is 8.87. The number of halogens is 2. The number of hydrogen-bond donors (Lipinski definition) is 1. The van der Waals surface area contributed by atoms with Gasteiger partial charge in [0.15, 0.2) is 0 Å². The Morgan fingerprint density at radius 3 is 2.73 bits per heavy atom. The lowest BCUT2D eigenvalue weighted by Gasteiger charge is -2.02. The third kappa shape index (κ3) is 1.87. The average Bonchev–Trinajstić information content (AvgIpc) is 1.97. The van der Waals surface area contributed by atoms with Crippen molar-refractivity contribution in [3.05, 3.63) is 22.4 Å². The van der Waals surface area contributed by atoms with E-state index in [-0.39, 0.29) is 5.82 Å². The summed E-state index contributed by atoms with van der Waals surface area (Å²) in [6.07, 6.45) is 1.90. The quantitative estimate of drug-likeness (QED) is 0.599. The van der Waals surface area contributed by atoms with E-state index in [4.69, 9.17) is 5.73 Å². The van der Waals surface area contributed by atoms with Gasteiger partial charge in [-0.1, -0.05) is 0 Å². The molecule has 0 unspecified atom stereocenters. The summed E-state index contributed by atoms with van der Waals surface area (Å²) >= 11 is 4.57. The molecule has 0 aliphatic heterocycles. The van der Waals surface area contributed by atoms with E-state index in [0.29, 0.717) is 10.2 Å². The van der Waals surface area contributed by atoms with Gasteiger partial charge < -0.3 is 5.73 Å². The molecule has 1 aromatic rings. The van der Waals surface area contributed by atoms with Crippen LogP contribution < -0.4 is 5.73 Å².